The van der Waals surface area contributed by atoms with Crippen LogP contribution in [-0.4, -0.2) is 41.2 Å². The maximum Gasteiger partial charge on any atom is 0.491 e. The van der Waals surface area contributed by atoms with Crippen molar-refractivity contribution in [2.24, 2.45) is 12.5 Å². The van der Waals surface area contributed by atoms with Crippen LogP contribution < -0.4 is 10.1 Å². The van der Waals surface area contributed by atoms with Crippen molar-refractivity contribution in [1.82, 2.24) is 9.78 Å². The van der Waals surface area contributed by atoms with Gasteiger partial charge in [-0.3, -0.25) is 4.68 Å². The van der Waals surface area contributed by atoms with Crippen LogP contribution in [0.4, 0.5) is 18.9 Å². The van der Waals surface area contributed by atoms with Crippen molar-refractivity contribution in [3.05, 3.63) is 6.20 Å². The molecule has 0 bridgehead atoms. The van der Waals surface area contributed by atoms with Crippen molar-refractivity contribution >= 4 is 11.7 Å². The summed E-state index contributed by atoms with van der Waals surface area (Å²) in [5.74, 6) is -2.67. The van der Waals surface area contributed by atoms with Crippen LogP contribution in [0.2, 0.25) is 0 Å². The minimum atomic E-state index is -5.06. The molecule has 22 heavy (non-hydrogen) atoms. The number of nitrogens with zero attached hydrogens (tertiary/aromatic N) is 2. The minimum Gasteiger partial charge on any atom is -0.397 e. The van der Waals surface area contributed by atoms with E-state index < -0.39 is 12.1 Å². The fraction of sp³-hybridized carbons (Fsp3) is 0.692. The van der Waals surface area contributed by atoms with Gasteiger partial charge in [-0.15, -0.1) is 5.10 Å². The molecule has 0 saturated carbocycles. The van der Waals surface area contributed by atoms with Crippen LogP contribution in [-0.2, 0) is 16.6 Å². The molecule has 6 nitrogen and oxygen atoms in total. The van der Waals surface area contributed by atoms with Gasteiger partial charge in [0.25, 0.3) is 5.88 Å². The molecule has 1 aromatic rings. The number of esters is 1. The van der Waals surface area contributed by atoms with Crippen molar-refractivity contribution in [2.45, 2.75) is 32.5 Å². The summed E-state index contributed by atoms with van der Waals surface area (Å²) in [6.45, 7) is 5.06. The van der Waals surface area contributed by atoms with Gasteiger partial charge in [0.1, 0.15) is 5.69 Å². The van der Waals surface area contributed by atoms with Gasteiger partial charge in [-0.05, 0) is 6.42 Å². The van der Waals surface area contributed by atoms with Gasteiger partial charge in [0.05, 0.1) is 12.8 Å². The fourth-order valence-electron chi connectivity index (χ4n) is 2.27. The van der Waals surface area contributed by atoms with Crippen LogP contribution in [0, 0.1) is 5.41 Å². The van der Waals surface area contributed by atoms with Crippen LogP contribution in [0.5, 0.6) is 5.88 Å². The molecule has 1 unspecified atom stereocenters. The third kappa shape index (κ3) is 3.70. The summed E-state index contributed by atoms with van der Waals surface area (Å²) in [4.78, 5) is 11.0. The summed E-state index contributed by atoms with van der Waals surface area (Å²) in [7, 11) is 1.53. The Morgan fingerprint density at radius 1 is 1.55 bits per heavy atom. The second-order valence-electron chi connectivity index (χ2n) is 5.94. The van der Waals surface area contributed by atoms with Gasteiger partial charge in [-0.2, -0.15) is 13.2 Å². The van der Waals surface area contributed by atoms with Gasteiger partial charge >= 0.3 is 12.1 Å². The highest BCUT2D eigenvalue weighted by Crippen LogP contribution is 2.33. The van der Waals surface area contributed by atoms with E-state index in [1.807, 2.05) is 13.8 Å². The zero-order valence-corrected chi connectivity index (χ0v) is 12.5. The third-order valence-corrected chi connectivity index (χ3v) is 3.51. The standard InChI is InChI=1S/C13H18F3N3O3/c1-12(2)7-21-5-4-9(12)17-8-6-19(3)18-10(8)22-11(20)13(14,15)16/h6,9,17H,4-5,7H2,1-3H3. The highest BCUT2D eigenvalue weighted by Gasteiger charge is 2.42. The van der Waals surface area contributed by atoms with Gasteiger partial charge in [-0.25, -0.2) is 4.79 Å². The fourth-order valence-corrected chi connectivity index (χ4v) is 2.27. The Balaban J connectivity index is 2.16. The summed E-state index contributed by atoms with van der Waals surface area (Å²) in [6, 6.07) is -0.0335. The molecule has 1 aliphatic rings. The smallest absolute Gasteiger partial charge is 0.397 e. The molecule has 1 fully saturated rings. The molecule has 0 aliphatic carbocycles. The first-order valence-corrected chi connectivity index (χ1v) is 6.76. The molecule has 9 heteroatoms. The van der Waals surface area contributed by atoms with E-state index in [9.17, 15) is 18.0 Å². The van der Waals surface area contributed by atoms with E-state index in [0.29, 0.717) is 19.6 Å². The quantitative estimate of drug-likeness (QED) is 0.864. The number of rotatable bonds is 3. The lowest BCUT2D eigenvalue weighted by Crippen LogP contribution is -2.44. The van der Waals surface area contributed by atoms with E-state index in [1.54, 1.807) is 0 Å². The normalized spacial score (nSPS) is 21.5. The lowest BCUT2D eigenvalue weighted by atomic mass is 9.82. The second kappa shape index (κ2) is 5.79. The first-order valence-electron chi connectivity index (χ1n) is 6.76. The molecule has 1 saturated heterocycles. The van der Waals surface area contributed by atoms with Crippen molar-refractivity contribution in [2.75, 3.05) is 18.5 Å². The lowest BCUT2D eigenvalue weighted by molar-refractivity contribution is -0.189. The van der Waals surface area contributed by atoms with E-state index in [4.69, 9.17) is 4.74 Å². The van der Waals surface area contributed by atoms with E-state index in [0.717, 1.165) is 0 Å². The Kier molecular flexibility index (Phi) is 4.37. The number of aryl methyl sites for hydroxylation is 1. The molecular weight excluding hydrogens is 303 g/mol. The zero-order chi connectivity index (χ0) is 16.5. The molecule has 0 radical (unpaired) electrons. The maximum atomic E-state index is 12.3. The lowest BCUT2D eigenvalue weighted by Gasteiger charge is -2.39. The first kappa shape index (κ1) is 16.6. The monoisotopic (exact) mass is 321 g/mol. The molecular formula is C13H18F3N3O3. The number of ether oxygens (including phenoxy) is 2. The van der Waals surface area contributed by atoms with Crippen LogP contribution in [0.3, 0.4) is 0 Å². The molecule has 1 N–H and O–H groups in total. The van der Waals surface area contributed by atoms with Gasteiger partial charge in [0.2, 0.25) is 0 Å². The number of hydrogen-bond donors (Lipinski definition) is 1. The van der Waals surface area contributed by atoms with Gasteiger partial charge in [0.15, 0.2) is 0 Å². The van der Waals surface area contributed by atoms with Crippen LogP contribution >= 0.6 is 0 Å². The summed E-state index contributed by atoms with van der Waals surface area (Å²) >= 11 is 0. The third-order valence-electron chi connectivity index (χ3n) is 3.51. The topological polar surface area (TPSA) is 65.4 Å². The van der Waals surface area contributed by atoms with Gasteiger partial charge in [-0.1, -0.05) is 13.8 Å². The number of alkyl halides is 3. The average molecular weight is 321 g/mol. The van der Waals surface area contributed by atoms with Crippen molar-refractivity contribution in [1.29, 1.82) is 0 Å². The highest BCUT2D eigenvalue weighted by molar-refractivity contribution is 5.79. The predicted molar refractivity (Wildman–Crippen MR) is 71.5 cm³/mol. The Morgan fingerprint density at radius 3 is 2.82 bits per heavy atom. The summed E-state index contributed by atoms with van der Waals surface area (Å²) < 4.78 is 48.0. The number of anilines is 1. The van der Waals surface area contributed by atoms with Crippen molar-refractivity contribution in [3.63, 3.8) is 0 Å². The van der Waals surface area contributed by atoms with E-state index in [-0.39, 0.29) is 23.0 Å². The molecule has 0 aromatic carbocycles. The highest BCUT2D eigenvalue weighted by atomic mass is 19.4. The number of hydrogen-bond acceptors (Lipinski definition) is 5. The largest absolute Gasteiger partial charge is 0.491 e. The van der Waals surface area contributed by atoms with Crippen LogP contribution in [0.25, 0.3) is 0 Å². The molecule has 1 aliphatic heterocycles. The number of aromatic nitrogens is 2. The van der Waals surface area contributed by atoms with E-state index >= 15 is 0 Å². The Labute approximate surface area is 125 Å². The van der Waals surface area contributed by atoms with E-state index in [2.05, 4.69) is 15.2 Å². The predicted octanol–water partition coefficient (Wildman–Crippen LogP) is 2.11. The number of halogens is 3. The zero-order valence-electron chi connectivity index (χ0n) is 12.5. The maximum absolute atomic E-state index is 12.3. The van der Waals surface area contributed by atoms with Crippen LogP contribution in [0.15, 0.2) is 6.20 Å². The van der Waals surface area contributed by atoms with Gasteiger partial charge < -0.3 is 14.8 Å². The molecule has 1 aromatic heterocycles. The second-order valence-corrected chi connectivity index (χ2v) is 5.94. The Morgan fingerprint density at radius 2 is 2.23 bits per heavy atom. The minimum absolute atomic E-state index is 0.0335. The van der Waals surface area contributed by atoms with Crippen LogP contribution in [0.1, 0.15) is 20.3 Å². The SMILES string of the molecule is Cn1cc(NC2CCOCC2(C)C)c(OC(=O)C(F)(F)F)n1. The average Bonchev–Trinajstić information content (AvgIpc) is 2.71. The molecule has 2 rings (SSSR count). The van der Waals surface area contributed by atoms with E-state index in [1.165, 1.54) is 17.9 Å². The number of carbonyl (C=O) groups is 1. The number of carbonyl (C=O) groups excluding carboxylic acids is 1. The molecule has 2 heterocycles. The molecule has 0 amide bonds. The van der Waals surface area contributed by atoms with Gasteiger partial charge in [0, 0.05) is 25.1 Å². The summed E-state index contributed by atoms with van der Waals surface area (Å²) in [5.41, 5.74) is 0.0411. The Hall–Kier alpha value is -1.77. The number of nitrogens with one attached hydrogen (secondary N) is 1. The summed E-state index contributed by atoms with van der Waals surface area (Å²) in [5, 5.41) is 6.87. The Bertz CT molecular complexity index is 554. The first-order chi connectivity index (χ1) is 10.1. The van der Waals surface area contributed by atoms with Crippen molar-refractivity contribution < 1.29 is 27.4 Å². The van der Waals surface area contributed by atoms with Crippen molar-refractivity contribution in [3.8, 4) is 5.88 Å². The molecule has 0 spiro atoms. The molecule has 124 valence electrons. The molecule has 1 atom stereocenters. The summed E-state index contributed by atoms with van der Waals surface area (Å²) in [6.07, 6.45) is -2.90.